The molecule has 0 bridgehead atoms. The molecule has 0 rings (SSSR count). The molecular weight excluding hydrogens is 66.0 g/mol. The molecule has 0 aromatic heterocycles. The molecule has 0 unspecified atom stereocenters. The smallest absolute Gasteiger partial charge is 0.212 e. The predicted octanol–water partition coefficient (Wildman–Crippen LogP) is -0.326. The topological polar surface area (TPSA) is 46.2 Å². The zero-order valence-corrected chi connectivity index (χ0v) is 3.49. The molecule has 0 aliphatic rings. The summed E-state index contributed by atoms with van der Waals surface area (Å²) in [4.78, 5) is 0. The Morgan fingerprint density at radius 1 is 2.00 bits per heavy atom. The number of hydrogen-bond donors (Lipinski definition) is 2. The SMILES string of the molecule is [2H]OC(C)(C)N. The molecule has 2 nitrogen and oxygen atoms in total. The van der Waals surface area contributed by atoms with E-state index in [-0.39, 0.29) is 0 Å². The number of rotatable bonds is 1. The molecule has 2 heteroatoms. The van der Waals surface area contributed by atoms with Crippen LogP contribution in [0.3, 0.4) is 0 Å². The van der Waals surface area contributed by atoms with E-state index in [1.807, 2.05) is 0 Å². The van der Waals surface area contributed by atoms with Gasteiger partial charge in [0.25, 0.3) is 0 Å². The Morgan fingerprint density at radius 3 is 2.20 bits per heavy atom. The van der Waals surface area contributed by atoms with Gasteiger partial charge in [0.2, 0.25) is 1.43 Å². The van der Waals surface area contributed by atoms with E-state index in [1.165, 1.54) is 0 Å². The van der Waals surface area contributed by atoms with E-state index in [4.69, 9.17) is 7.16 Å². The lowest BCUT2D eigenvalue weighted by Crippen LogP contribution is -2.30. The lowest BCUT2D eigenvalue weighted by Gasteiger charge is -2.05. The minimum absolute atomic E-state index is 0.792. The van der Waals surface area contributed by atoms with Crippen molar-refractivity contribution in [3.63, 3.8) is 0 Å². The van der Waals surface area contributed by atoms with Crippen LogP contribution in [0.5, 0.6) is 0 Å². The Kier molecular flexibility index (Phi) is 0.596. The molecule has 0 saturated carbocycles. The van der Waals surface area contributed by atoms with E-state index in [0.29, 0.717) is 0 Å². The van der Waals surface area contributed by atoms with Crippen molar-refractivity contribution in [1.29, 1.82) is 1.43 Å². The third kappa shape index (κ3) is 2260. The average molecular weight is 76.1 g/mol. The van der Waals surface area contributed by atoms with Crippen LogP contribution in [0.2, 0.25) is 0 Å². The summed E-state index contributed by atoms with van der Waals surface area (Å²) in [6.07, 6.45) is 0. The monoisotopic (exact) mass is 76.1 g/mol. The minimum Gasteiger partial charge on any atom is -0.377 e. The minimum atomic E-state index is -0.792. The first-order chi connectivity index (χ1) is 2.56. The van der Waals surface area contributed by atoms with Gasteiger partial charge in [-0.15, -0.1) is 0 Å². The summed E-state index contributed by atoms with van der Waals surface area (Å²) in [7, 11) is 0. The molecule has 0 aromatic rings. The lowest BCUT2D eigenvalue weighted by molar-refractivity contribution is 0.0881. The van der Waals surface area contributed by atoms with Crippen LogP contribution in [0, 0.1) is 0 Å². The predicted molar refractivity (Wildman–Crippen MR) is 20.5 cm³/mol. The quantitative estimate of drug-likeness (QED) is 0.420. The third-order valence-corrected chi connectivity index (χ3v) is 0. The van der Waals surface area contributed by atoms with Gasteiger partial charge in [0.15, 0.2) is 0 Å². The largest absolute Gasteiger partial charge is 0.377 e. The van der Waals surface area contributed by atoms with Crippen molar-refractivity contribution in [3.8, 4) is 0 Å². The summed E-state index contributed by atoms with van der Waals surface area (Å²) in [6, 6.07) is 0. The molecule has 0 atom stereocenters. The van der Waals surface area contributed by atoms with Gasteiger partial charge >= 0.3 is 0 Å². The molecular formula is C3H9NO. The van der Waals surface area contributed by atoms with Crippen molar-refractivity contribution in [3.05, 3.63) is 0 Å². The molecule has 5 heavy (non-hydrogen) atoms. The van der Waals surface area contributed by atoms with Crippen molar-refractivity contribution in [1.82, 2.24) is 0 Å². The summed E-state index contributed by atoms with van der Waals surface area (Å²) >= 11 is 0. The maximum Gasteiger partial charge on any atom is 0.212 e. The van der Waals surface area contributed by atoms with E-state index in [9.17, 15) is 0 Å². The van der Waals surface area contributed by atoms with Crippen molar-refractivity contribution < 1.29 is 5.11 Å². The summed E-state index contributed by atoms with van der Waals surface area (Å²) in [6.45, 7) is 3.22. The van der Waals surface area contributed by atoms with E-state index in [0.717, 1.165) is 0 Å². The van der Waals surface area contributed by atoms with Crippen LogP contribution < -0.4 is 5.73 Å². The van der Waals surface area contributed by atoms with Gasteiger partial charge in [-0.05, 0) is 13.8 Å². The summed E-state index contributed by atoms with van der Waals surface area (Å²) in [5, 5.41) is 3.97. The lowest BCUT2D eigenvalue weighted by atomic mass is 10.4. The van der Waals surface area contributed by atoms with Gasteiger partial charge < -0.3 is 10.8 Å². The second-order valence-electron chi connectivity index (χ2n) is 1.60. The molecule has 0 aromatic carbocycles. The first-order valence-corrected chi connectivity index (χ1v) is 1.49. The highest BCUT2D eigenvalue weighted by Crippen LogP contribution is 1.82. The number of nitrogens with two attached hydrogens (primary N) is 1. The van der Waals surface area contributed by atoms with Crippen LogP contribution in [0.25, 0.3) is 0 Å². The van der Waals surface area contributed by atoms with Crippen LogP contribution in [0.4, 0.5) is 0 Å². The van der Waals surface area contributed by atoms with Gasteiger partial charge in [0.1, 0.15) is 5.72 Å². The van der Waals surface area contributed by atoms with Gasteiger partial charge in [0, 0.05) is 0 Å². The second kappa shape index (κ2) is 0.954. The van der Waals surface area contributed by atoms with Crippen molar-refractivity contribution in [2.24, 2.45) is 5.73 Å². The Bertz CT molecular complexity index is 40.5. The van der Waals surface area contributed by atoms with Crippen LogP contribution in [0.1, 0.15) is 13.8 Å². The highest BCUT2D eigenvalue weighted by atomic mass is 16.3. The molecule has 0 spiro atoms. The highest BCUT2D eigenvalue weighted by molar-refractivity contribution is 4.47. The molecule has 0 radical (unpaired) electrons. The summed E-state index contributed by atoms with van der Waals surface area (Å²) in [5.41, 5.74) is 4.33. The molecule has 0 heterocycles. The molecule has 3 N–H and O–H groups in total. The molecule has 0 aliphatic heterocycles. The Labute approximate surface area is 33.1 Å². The molecule has 0 saturated heterocycles. The van der Waals surface area contributed by atoms with E-state index < -0.39 is 5.72 Å². The zero-order chi connectivity index (χ0) is 5.21. The van der Waals surface area contributed by atoms with Gasteiger partial charge in [-0.2, -0.15) is 0 Å². The van der Waals surface area contributed by atoms with Crippen molar-refractivity contribution in [2.75, 3.05) is 0 Å². The molecule has 32 valence electrons. The summed E-state index contributed by atoms with van der Waals surface area (Å²) in [5.74, 6) is 0. The van der Waals surface area contributed by atoms with Gasteiger partial charge in [0.05, 0.1) is 0 Å². The maximum atomic E-state index is 6.23. The van der Waals surface area contributed by atoms with E-state index in [1.54, 1.807) is 13.8 Å². The normalized spacial score (nSPS) is 14.6. The third-order valence-electron chi connectivity index (χ3n) is 0. The van der Waals surface area contributed by atoms with Crippen LogP contribution in [-0.4, -0.2) is 12.3 Å². The Morgan fingerprint density at radius 2 is 2.20 bits per heavy atom. The van der Waals surface area contributed by atoms with Crippen LogP contribution in [0.15, 0.2) is 0 Å². The molecule has 0 aliphatic carbocycles. The first-order valence-electron chi connectivity index (χ1n) is 1.90. The Hall–Kier alpha value is -0.0800. The average Bonchev–Trinajstić information content (AvgIpc) is 1.35. The maximum absolute atomic E-state index is 6.23. The standard InChI is InChI=1S/C3H9NO/c1-3(2,4)5/h5H,4H2,1-2H3/i5D. The molecule has 0 amide bonds. The van der Waals surface area contributed by atoms with Gasteiger partial charge in [-0.25, -0.2) is 0 Å². The van der Waals surface area contributed by atoms with Crippen molar-refractivity contribution >= 4 is 0 Å². The van der Waals surface area contributed by atoms with Crippen LogP contribution in [-0.2, 0) is 0 Å². The zero-order valence-electron chi connectivity index (χ0n) is 4.49. The highest BCUT2D eigenvalue weighted by Gasteiger charge is 1.98. The van der Waals surface area contributed by atoms with E-state index in [2.05, 4.69) is 5.11 Å². The van der Waals surface area contributed by atoms with Crippen LogP contribution >= 0.6 is 0 Å². The molecule has 0 fully saturated rings. The van der Waals surface area contributed by atoms with Crippen molar-refractivity contribution in [2.45, 2.75) is 19.6 Å². The fourth-order valence-corrected chi connectivity index (χ4v) is 0. The summed E-state index contributed by atoms with van der Waals surface area (Å²) < 4.78 is 6.23. The van der Waals surface area contributed by atoms with E-state index >= 15 is 0 Å². The van der Waals surface area contributed by atoms with Gasteiger partial charge in [-0.3, -0.25) is 0 Å². The fraction of sp³-hybridized carbons (Fsp3) is 1.00. The number of hydrogen-bond acceptors (Lipinski definition) is 2. The second-order valence-corrected chi connectivity index (χ2v) is 1.60. The number of aliphatic hydroxyl groups is 1. The van der Waals surface area contributed by atoms with Gasteiger partial charge in [-0.1, -0.05) is 0 Å². The first kappa shape index (κ1) is 3.12. The fourth-order valence-electron chi connectivity index (χ4n) is 0. The Balaban J connectivity index is 3.17.